The van der Waals surface area contributed by atoms with Gasteiger partial charge in [0.05, 0.1) is 16.8 Å². The number of hydrogen-bond donors (Lipinski definition) is 1. The molecule has 0 radical (unpaired) electrons. The van der Waals surface area contributed by atoms with Gasteiger partial charge in [-0.3, -0.25) is 4.90 Å². The Morgan fingerprint density at radius 1 is 1.47 bits per heavy atom. The van der Waals surface area contributed by atoms with Gasteiger partial charge < -0.3 is 10.5 Å². The Morgan fingerprint density at radius 2 is 2.32 bits per heavy atom. The van der Waals surface area contributed by atoms with Gasteiger partial charge in [0, 0.05) is 19.7 Å². The Labute approximate surface area is 120 Å². The standard InChI is InChI=1S/C15H23ClN2O/c1-2-8-19-13-4-3-7-18(11-13)10-12-5-6-15(17)14(16)9-12/h5-6,9,13H,2-4,7-8,10-11,17H2,1H3. The molecule has 1 unspecified atom stereocenters. The summed E-state index contributed by atoms with van der Waals surface area (Å²) >= 11 is 6.06. The first-order chi connectivity index (χ1) is 9.19. The molecule has 1 aromatic carbocycles. The minimum atomic E-state index is 0.387. The summed E-state index contributed by atoms with van der Waals surface area (Å²) in [4.78, 5) is 2.44. The Bertz CT molecular complexity index is 411. The molecule has 106 valence electrons. The highest BCUT2D eigenvalue weighted by Crippen LogP contribution is 2.22. The van der Waals surface area contributed by atoms with E-state index in [1.54, 1.807) is 0 Å². The van der Waals surface area contributed by atoms with Crippen LogP contribution in [0.4, 0.5) is 5.69 Å². The van der Waals surface area contributed by atoms with E-state index in [-0.39, 0.29) is 0 Å². The maximum atomic E-state index is 6.06. The van der Waals surface area contributed by atoms with E-state index in [9.17, 15) is 0 Å². The summed E-state index contributed by atoms with van der Waals surface area (Å²) in [5.74, 6) is 0. The summed E-state index contributed by atoms with van der Waals surface area (Å²) in [5.41, 5.74) is 7.60. The van der Waals surface area contributed by atoms with Crippen molar-refractivity contribution in [2.24, 2.45) is 0 Å². The number of nitrogens with zero attached hydrogens (tertiary/aromatic N) is 1. The highest BCUT2D eigenvalue weighted by Gasteiger charge is 2.20. The monoisotopic (exact) mass is 282 g/mol. The first-order valence-electron chi connectivity index (χ1n) is 7.07. The lowest BCUT2D eigenvalue weighted by atomic mass is 10.1. The van der Waals surface area contributed by atoms with Crippen LogP contribution in [0.3, 0.4) is 0 Å². The third-order valence-electron chi connectivity index (χ3n) is 3.49. The van der Waals surface area contributed by atoms with Crippen molar-refractivity contribution in [3.63, 3.8) is 0 Å². The Kier molecular flexibility index (Phi) is 5.49. The van der Waals surface area contributed by atoms with Crippen LogP contribution in [-0.4, -0.2) is 30.7 Å². The normalized spacial score (nSPS) is 20.6. The predicted molar refractivity (Wildman–Crippen MR) is 80.4 cm³/mol. The van der Waals surface area contributed by atoms with E-state index in [1.807, 2.05) is 12.1 Å². The lowest BCUT2D eigenvalue weighted by Gasteiger charge is -2.32. The molecule has 1 aliphatic rings. The van der Waals surface area contributed by atoms with Gasteiger partial charge >= 0.3 is 0 Å². The van der Waals surface area contributed by atoms with Gasteiger partial charge in [-0.05, 0) is 43.5 Å². The molecule has 0 spiro atoms. The zero-order chi connectivity index (χ0) is 13.7. The molecule has 2 N–H and O–H groups in total. The lowest BCUT2D eigenvalue weighted by Crippen LogP contribution is -2.39. The fourth-order valence-corrected chi connectivity index (χ4v) is 2.71. The second kappa shape index (κ2) is 7.13. The molecule has 1 aliphatic heterocycles. The number of anilines is 1. The molecule has 2 rings (SSSR count). The molecular formula is C15H23ClN2O. The molecule has 0 bridgehead atoms. The molecule has 0 aliphatic carbocycles. The summed E-state index contributed by atoms with van der Waals surface area (Å²) in [7, 11) is 0. The van der Waals surface area contributed by atoms with E-state index in [0.717, 1.165) is 32.7 Å². The number of hydrogen-bond acceptors (Lipinski definition) is 3. The quantitative estimate of drug-likeness (QED) is 0.842. The molecule has 1 saturated heterocycles. The minimum Gasteiger partial charge on any atom is -0.398 e. The van der Waals surface area contributed by atoms with Crippen LogP contribution >= 0.6 is 11.6 Å². The van der Waals surface area contributed by atoms with Gasteiger partial charge in [-0.1, -0.05) is 24.6 Å². The fourth-order valence-electron chi connectivity index (χ4n) is 2.50. The molecule has 1 fully saturated rings. The van der Waals surface area contributed by atoms with Crippen molar-refractivity contribution in [1.82, 2.24) is 4.90 Å². The Balaban J connectivity index is 1.89. The fraction of sp³-hybridized carbons (Fsp3) is 0.600. The van der Waals surface area contributed by atoms with Crippen molar-refractivity contribution >= 4 is 17.3 Å². The number of piperidine rings is 1. The molecule has 1 aromatic rings. The highest BCUT2D eigenvalue weighted by atomic mass is 35.5. The number of halogens is 1. The molecule has 1 atom stereocenters. The minimum absolute atomic E-state index is 0.387. The molecular weight excluding hydrogens is 260 g/mol. The van der Waals surface area contributed by atoms with Gasteiger partial charge in [-0.2, -0.15) is 0 Å². The van der Waals surface area contributed by atoms with Gasteiger partial charge in [0.2, 0.25) is 0 Å². The van der Waals surface area contributed by atoms with E-state index in [2.05, 4.69) is 17.9 Å². The van der Waals surface area contributed by atoms with E-state index < -0.39 is 0 Å². The summed E-state index contributed by atoms with van der Waals surface area (Å²) in [6.45, 7) is 6.09. The third-order valence-corrected chi connectivity index (χ3v) is 3.82. The number of nitrogen functional groups attached to an aromatic ring is 1. The second-order valence-corrected chi connectivity index (χ2v) is 5.63. The Morgan fingerprint density at radius 3 is 3.05 bits per heavy atom. The average Bonchev–Trinajstić information content (AvgIpc) is 2.41. The zero-order valence-electron chi connectivity index (χ0n) is 11.6. The van der Waals surface area contributed by atoms with Crippen molar-refractivity contribution in [1.29, 1.82) is 0 Å². The van der Waals surface area contributed by atoms with Gasteiger partial charge in [0.1, 0.15) is 0 Å². The van der Waals surface area contributed by atoms with Crippen LogP contribution in [-0.2, 0) is 11.3 Å². The van der Waals surface area contributed by atoms with Gasteiger partial charge in [0.15, 0.2) is 0 Å². The molecule has 4 heteroatoms. The topological polar surface area (TPSA) is 38.5 Å². The van der Waals surface area contributed by atoms with Crippen LogP contribution in [0.15, 0.2) is 18.2 Å². The lowest BCUT2D eigenvalue weighted by molar-refractivity contribution is -0.00222. The van der Waals surface area contributed by atoms with Crippen LogP contribution in [0.5, 0.6) is 0 Å². The molecule has 0 saturated carbocycles. The van der Waals surface area contributed by atoms with Crippen molar-refractivity contribution < 1.29 is 4.74 Å². The zero-order valence-corrected chi connectivity index (χ0v) is 12.3. The first-order valence-corrected chi connectivity index (χ1v) is 7.44. The van der Waals surface area contributed by atoms with Crippen LogP contribution in [0.25, 0.3) is 0 Å². The SMILES string of the molecule is CCCOC1CCCN(Cc2ccc(N)c(Cl)c2)C1. The summed E-state index contributed by atoms with van der Waals surface area (Å²) in [5, 5.41) is 0.647. The molecule has 19 heavy (non-hydrogen) atoms. The number of ether oxygens (including phenoxy) is 1. The van der Waals surface area contributed by atoms with E-state index in [1.165, 1.54) is 18.4 Å². The maximum absolute atomic E-state index is 6.06. The van der Waals surface area contributed by atoms with Gasteiger partial charge in [0.25, 0.3) is 0 Å². The maximum Gasteiger partial charge on any atom is 0.0702 e. The number of rotatable bonds is 5. The van der Waals surface area contributed by atoms with Crippen molar-refractivity contribution in [3.8, 4) is 0 Å². The van der Waals surface area contributed by atoms with Crippen molar-refractivity contribution in [2.75, 3.05) is 25.4 Å². The van der Waals surface area contributed by atoms with Crippen LogP contribution in [0, 0.1) is 0 Å². The molecule has 0 aromatic heterocycles. The van der Waals surface area contributed by atoms with Crippen molar-refractivity contribution in [3.05, 3.63) is 28.8 Å². The van der Waals surface area contributed by atoms with Crippen LogP contribution < -0.4 is 5.73 Å². The number of nitrogens with two attached hydrogens (primary N) is 1. The van der Waals surface area contributed by atoms with Crippen molar-refractivity contribution in [2.45, 2.75) is 38.8 Å². The first kappa shape index (κ1) is 14.6. The van der Waals surface area contributed by atoms with Crippen LogP contribution in [0.2, 0.25) is 5.02 Å². The average molecular weight is 283 g/mol. The summed E-state index contributed by atoms with van der Waals surface area (Å²) < 4.78 is 5.86. The largest absolute Gasteiger partial charge is 0.398 e. The smallest absolute Gasteiger partial charge is 0.0702 e. The number of likely N-dealkylation sites (tertiary alicyclic amines) is 1. The van der Waals surface area contributed by atoms with Gasteiger partial charge in [-0.25, -0.2) is 0 Å². The van der Waals surface area contributed by atoms with E-state index in [4.69, 9.17) is 22.1 Å². The van der Waals surface area contributed by atoms with Crippen LogP contribution in [0.1, 0.15) is 31.7 Å². The second-order valence-electron chi connectivity index (χ2n) is 5.23. The summed E-state index contributed by atoms with van der Waals surface area (Å²) in [6.07, 6.45) is 3.86. The molecule has 0 amide bonds. The Hall–Kier alpha value is -0.770. The third kappa shape index (κ3) is 4.37. The summed E-state index contributed by atoms with van der Waals surface area (Å²) in [6, 6.07) is 5.90. The molecule has 3 nitrogen and oxygen atoms in total. The molecule has 1 heterocycles. The number of benzene rings is 1. The predicted octanol–water partition coefficient (Wildman–Crippen LogP) is 3.31. The van der Waals surface area contributed by atoms with E-state index >= 15 is 0 Å². The van der Waals surface area contributed by atoms with Gasteiger partial charge in [-0.15, -0.1) is 0 Å². The van der Waals surface area contributed by atoms with E-state index in [0.29, 0.717) is 16.8 Å². The highest BCUT2D eigenvalue weighted by molar-refractivity contribution is 6.33.